The van der Waals surface area contributed by atoms with Crippen LogP contribution in [-0.4, -0.2) is 11.1 Å². The molecule has 2 nitrogen and oxygen atoms in total. The van der Waals surface area contributed by atoms with E-state index in [1.807, 2.05) is 0 Å². The van der Waals surface area contributed by atoms with E-state index in [4.69, 9.17) is 0 Å². The van der Waals surface area contributed by atoms with E-state index in [1.165, 1.54) is 43.9 Å². The number of benzene rings is 1. The molecule has 1 aromatic carbocycles. The fraction of sp³-hybridized carbons (Fsp3) is 0.600. The normalized spacial score (nSPS) is 12.6. The second-order valence-corrected chi connectivity index (χ2v) is 4.90. The van der Waals surface area contributed by atoms with Crippen LogP contribution in [0.3, 0.4) is 0 Å². The predicted molar refractivity (Wildman–Crippen MR) is 73.1 cm³/mol. The Labute approximate surface area is 109 Å². The Balaban J connectivity index is 2.29. The van der Waals surface area contributed by atoms with Gasteiger partial charge < -0.3 is 10.4 Å². The maximum absolute atomic E-state index is 13.0. The molecule has 0 spiro atoms. The van der Waals surface area contributed by atoms with Crippen LogP contribution < -0.4 is 5.32 Å². The molecule has 102 valence electrons. The number of phenolic OH excluding ortho intramolecular Hbond substituents is 1. The van der Waals surface area contributed by atoms with Crippen LogP contribution in [-0.2, 0) is 6.54 Å². The fourth-order valence-electron chi connectivity index (χ4n) is 1.96. The third kappa shape index (κ3) is 5.50. The molecule has 0 heterocycles. The van der Waals surface area contributed by atoms with Crippen molar-refractivity contribution in [1.29, 1.82) is 0 Å². The van der Waals surface area contributed by atoms with Gasteiger partial charge in [-0.1, -0.05) is 32.6 Å². The van der Waals surface area contributed by atoms with Gasteiger partial charge in [-0.25, -0.2) is 4.39 Å². The van der Waals surface area contributed by atoms with Gasteiger partial charge >= 0.3 is 0 Å². The second kappa shape index (κ2) is 8.09. The highest BCUT2D eigenvalue weighted by molar-refractivity contribution is 5.32. The molecule has 1 aromatic rings. The fourth-order valence-corrected chi connectivity index (χ4v) is 1.96. The first kappa shape index (κ1) is 15.0. The van der Waals surface area contributed by atoms with E-state index in [0.29, 0.717) is 18.2 Å². The Hall–Kier alpha value is -1.09. The van der Waals surface area contributed by atoms with Gasteiger partial charge in [0.1, 0.15) is 11.6 Å². The molecule has 2 N–H and O–H groups in total. The summed E-state index contributed by atoms with van der Waals surface area (Å²) >= 11 is 0. The SMILES string of the molecule is CCCCCCC(C)NCc1cc(F)ccc1O. The van der Waals surface area contributed by atoms with Crippen molar-refractivity contribution < 1.29 is 9.50 Å². The number of hydrogen-bond acceptors (Lipinski definition) is 2. The number of aromatic hydroxyl groups is 1. The summed E-state index contributed by atoms with van der Waals surface area (Å²) in [6.07, 6.45) is 6.15. The number of unbranched alkanes of at least 4 members (excludes halogenated alkanes) is 3. The molecule has 0 aliphatic carbocycles. The molecule has 18 heavy (non-hydrogen) atoms. The van der Waals surface area contributed by atoms with Crippen LogP contribution in [0.15, 0.2) is 18.2 Å². The lowest BCUT2D eigenvalue weighted by Crippen LogP contribution is -2.25. The second-order valence-electron chi connectivity index (χ2n) is 4.90. The van der Waals surface area contributed by atoms with Crippen molar-refractivity contribution in [2.75, 3.05) is 0 Å². The van der Waals surface area contributed by atoms with Crippen LogP contribution in [0.25, 0.3) is 0 Å². The number of nitrogens with one attached hydrogen (secondary N) is 1. The predicted octanol–water partition coefficient (Wildman–Crippen LogP) is 3.98. The Bertz CT molecular complexity index is 354. The molecule has 0 saturated heterocycles. The zero-order valence-corrected chi connectivity index (χ0v) is 11.4. The summed E-state index contributed by atoms with van der Waals surface area (Å²) in [7, 11) is 0. The van der Waals surface area contributed by atoms with Crippen molar-refractivity contribution in [3.63, 3.8) is 0 Å². The molecule has 0 bridgehead atoms. The molecule has 0 amide bonds. The molecule has 1 atom stereocenters. The van der Waals surface area contributed by atoms with E-state index in [2.05, 4.69) is 19.2 Å². The number of phenols is 1. The van der Waals surface area contributed by atoms with E-state index in [0.717, 1.165) is 6.42 Å². The van der Waals surface area contributed by atoms with Crippen LogP contribution in [0.5, 0.6) is 5.75 Å². The number of rotatable bonds is 8. The summed E-state index contributed by atoms with van der Waals surface area (Å²) < 4.78 is 13.0. The standard InChI is InChI=1S/C15H24FNO/c1-3-4-5-6-7-12(2)17-11-13-10-14(16)8-9-15(13)18/h8-10,12,17-18H,3-7,11H2,1-2H3. The summed E-state index contributed by atoms with van der Waals surface area (Å²) in [5.74, 6) is -0.151. The van der Waals surface area contributed by atoms with Crippen molar-refractivity contribution >= 4 is 0 Å². The van der Waals surface area contributed by atoms with Crippen LogP contribution in [0, 0.1) is 5.82 Å². The van der Waals surface area contributed by atoms with Crippen LogP contribution in [0.1, 0.15) is 51.5 Å². The van der Waals surface area contributed by atoms with Crippen molar-refractivity contribution in [2.45, 2.75) is 58.5 Å². The molecule has 0 saturated carbocycles. The molecule has 1 rings (SSSR count). The molecule has 0 fully saturated rings. The minimum Gasteiger partial charge on any atom is -0.508 e. The van der Waals surface area contributed by atoms with Crippen molar-refractivity contribution in [3.8, 4) is 5.75 Å². The number of halogens is 1. The highest BCUT2D eigenvalue weighted by Gasteiger charge is 2.05. The monoisotopic (exact) mass is 253 g/mol. The largest absolute Gasteiger partial charge is 0.508 e. The van der Waals surface area contributed by atoms with Crippen molar-refractivity contribution in [3.05, 3.63) is 29.6 Å². The van der Waals surface area contributed by atoms with Gasteiger partial charge in [0.25, 0.3) is 0 Å². The lowest BCUT2D eigenvalue weighted by Gasteiger charge is -2.14. The van der Waals surface area contributed by atoms with E-state index < -0.39 is 0 Å². The average molecular weight is 253 g/mol. The lowest BCUT2D eigenvalue weighted by atomic mass is 10.1. The molecule has 1 unspecified atom stereocenters. The van der Waals surface area contributed by atoms with Gasteiger partial charge in [0.15, 0.2) is 0 Å². The van der Waals surface area contributed by atoms with Gasteiger partial charge in [-0.3, -0.25) is 0 Å². The summed E-state index contributed by atoms with van der Waals surface area (Å²) in [5, 5.41) is 12.9. The van der Waals surface area contributed by atoms with Gasteiger partial charge in [-0.15, -0.1) is 0 Å². The Morgan fingerprint density at radius 2 is 2.06 bits per heavy atom. The first-order valence-corrected chi connectivity index (χ1v) is 6.84. The Kier molecular flexibility index (Phi) is 6.73. The maximum atomic E-state index is 13.0. The first-order chi connectivity index (χ1) is 8.63. The van der Waals surface area contributed by atoms with Crippen LogP contribution >= 0.6 is 0 Å². The van der Waals surface area contributed by atoms with Crippen molar-refractivity contribution in [2.24, 2.45) is 0 Å². The summed E-state index contributed by atoms with van der Waals surface area (Å²) in [5.41, 5.74) is 0.621. The lowest BCUT2D eigenvalue weighted by molar-refractivity contribution is 0.446. The Morgan fingerprint density at radius 3 is 2.78 bits per heavy atom. The zero-order chi connectivity index (χ0) is 13.4. The van der Waals surface area contributed by atoms with Crippen LogP contribution in [0.4, 0.5) is 4.39 Å². The van der Waals surface area contributed by atoms with E-state index >= 15 is 0 Å². The molecule has 0 aliphatic rings. The van der Waals surface area contributed by atoms with Gasteiger partial charge in [0.05, 0.1) is 0 Å². The highest BCUT2D eigenvalue weighted by atomic mass is 19.1. The van der Waals surface area contributed by atoms with Gasteiger partial charge in [-0.2, -0.15) is 0 Å². The van der Waals surface area contributed by atoms with Gasteiger partial charge in [0.2, 0.25) is 0 Å². The Morgan fingerprint density at radius 1 is 1.28 bits per heavy atom. The zero-order valence-electron chi connectivity index (χ0n) is 11.4. The first-order valence-electron chi connectivity index (χ1n) is 6.84. The molecular weight excluding hydrogens is 229 g/mol. The summed E-state index contributed by atoms with van der Waals surface area (Å²) in [6, 6.07) is 4.45. The molecule has 3 heteroatoms. The highest BCUT2D eigenvalue weighted by Crippen LogP contribution is 2.17. The molecule has 0 aromatic heterocycles. The minimum atomic E-state index is -0.305. The van der Waals surface area contributed by atoms with E-state index in [-0.39, 0.29) is 11.6 Å². The van der Waals surface area contributed by atoms with Crippen LogP contribution in [0.2, 0.25) is 0 Å². The smallest absolute Gasteiger partial charge is 0.123 e. The third-order valence-electron chi connectivity index (χ3n) is 3.17. The number of hydrogen-bond donors (Lipinski definition) is 2. The third-order valence-corrected chi connectivity index (χ3v) is 3.17. The molecular formula is C15H24FNO. The summed E-state index contributed by atoms with van der Waals surface area (Å²) in [4.78, 5) is 0. The minimum absolute atomic E-state index is 0.155. The topological polar surface area (TPSA) is 32.3 Å². The molecule has 0 aliphatic heterocycles. The van der Waals surface area contributed by atoms with E-state index in [1.54, 1.807) is 0 Å². The van der Waals surface area contributed by atoms with E-state index in [9.17, 15) is 9.50 Å². The quantitative estimate of drug-likeness (QED) is 0.687. The van der Waals surface area contributed by atoms with Crippen molar-refractivity contribution in [1.82, 2.24) is 5.32 Å². The summed E-state index contributed by atoms with van der Waals surface area (Å²) in [6.45, 7) is 4.84. The maximum Gasteiger partial charge on any atom is 0.123 e. The average Bonchev–Trinajstić information content (AvgIpc) is 2.36. The van der Waals surface area contributed by atoms with Gasteiger partial charge in [0, 0.05) is 18.2 Å². The van der Waals surface area contributed by atoms with Gasteiger partial charge in [-0.05, 0) is 31.5 Å². The molecule has 0 radical (unpaired) electrons.